The maximum absolute atomic E-state index is 9.34. The molecule has 0 saturated heterocycles. The number of aromatic nitrogens is 1. The average Bonchev–Trinajstić information content (AvgIpc) is 2.90. The molecule has 1 aliphatic rings. The number of hydrogen-bond acceptors (Lipinski definition) is 3. The minimum absolute atomic E-state index is 0.436. The van der Waals surface area contributed by atoms with Crippen molar-refractivity contribution < 1.29 is 4.74 Å². The van der Waals surface area contributed by atoms with Gasteiger partial charge in [0.1, 0.15) is 17.4 Å². The second-order valence-electron chi connectivity index (χ2n) is 5.72. The van der Waals surface area contributed by atoms with Gasteiger partial charge in [-0.25, -0.2) is 4.98 Å². The molecule has 3 heteroatoms. The van der Waals surface area contributed by atoms with Crippen molar-refractivity contribution in [1.82, 2.24) is 4.98 Å². The van der Waals surface area contributed by atoms with Crippen LogP contribution in [0.25, 0.3) is 0 Å². The number of ether oxygens (including phenoxy) is 1. The van der Waals surface area contributed by atoms with Gasteiger partial charge < -0.3 is 4.74 Å². The molecule has 0 radical (unpaired) electrons. The Labute approximate surface area is 125 Å². The quantitative estimate of drug-likeness (QED) is 0.828. The highest BCUT2D eigenvalue weighted by molar-refractivity contribution is 5.48. The Morgan fingerprint density at radius 3 is 2.71 bits per heavy atom. The van der Waals surface area contributed by atoms with Crippen molar-refractivity contribution in [3.63, 3.8) is 0 Å². The van der Waals surface area contributed by atoms with Crippen molar-refractivity contribution >= 4 is 0 Å². The fraction of sp³-hybridized carbons (Fsp3) is 0.333. The number of hydrogen-bond donors (Lipinski definition) is 0. The van der Waals surface area contributed by atoms with Gasteiger partial charge in [-0.15, -0.1) is 0 Å². The van der Waals surface area contributed by atoms with Crippen molar-refractivity contribution in [2.45, 2.75) is 40.0 Å². The summed E-state index contributed by atoms with van der Waals surface area (Å²) in [7, 11) is 0. The van der Waals surface area contributed by atoms with E-state index in [4.69, 9.17) is 4.74 Å². The number of aryl methyl sites for hydroxylation is 4. The third kappa shape index (κ3) is 2.50. The molecule has 1 aromatic heterocycles. The van der Waals surface area contributed by atoms with Crippen LogP contribution in [0.15, 0.2) is 18.2 Å². The zero-order chi connectivity index (χ0) is 15.0. The Hall–Kier alpha value is -2.34. The maximum Gasteiger partial charge on any atom is 0.237 e. The second kappa shape index (κ2) is 5.21. The molecule has 3 nitrogen and oxygen atoms in total. The molecule has 0 aliphatic heterocycles. The molecule has 0 bridgehead atoms. The second-order valence-corrected chi connectivity index (χ2v) is 5.72. The first-order chi connectivity index (χ1) is 10.1. The molecule has 0 N–H and O–H groups in total. The fourth-order valence-electron chi connectivity index (χ4n) is 2.82. The number of benzene rings is 1. The van der Waals surface area contributed by atoms with Crippen molar-refractivity contribution in [3.05, 3.63) is 51.7 Å². The van der Waals surface area contributed by atoms with Gasteiger partial charge in [-0.3, -0.25) is 0 Å². The van der Waals surface area contributed by atoms with E-state index in [2.05, 4.69) is 24.0 Å². The van der Waals surface area contributed by atoms with E-state index < -0.39 is 0 Å². The van der Waals surface area contributed by atoms with Crippen LogP contribution in [0.4, 0.5) is 0 Å². The van der Waals surface area contributed by atoms with Gasteiger partial charge in [0.05, 0.1) is 0 Å². The third-order valence-corrected chi connectivity index (χ3v) is 4.11. The smallest absolute Gasteiger partial charge is 0.237 e. The molecular weight excluding hydrogens is 260 g/mol. The lowest BCUT2D eigenvalue weighted by Gasteiger charge is -2.13. The molecule has 1 heterocycles. The SMILES string of the molecule is Cc1cc(C)c(C)c(Oc2nc3c(cc2C#N)CCC3)c1. The summed E-state index contributed by atoms with van der Waals surface area (Å²) in [4.78, 5) is 4.58. The number of nitriles is 1. The van der Waals surface area contributed by atoms with E-state index >= 15 is 0 Å². The lowest BCUT2D eigenvalue weighted by atomic mass is 10.1. The highest BCUT2D eigenvalue weighted by atomic mass is 16.5. The summed E-state index contributed by atoms with van der Waals surface area (Å²) in [6.07, 6.45) is 3.10. The van der Waals surface area contributed by atoms with Crippen molar-refractivity contribution in [2.24, 2.45) is 0 Å². The predicted molar refractivity (Wildman–Crippen MR) is 81.7 cm³/mol. The molecule has 0 fully saturated rings. The van der Waals surface area contributed by atoms with Gasteiger partial charge in [-0.1, -0.05) is 6.07 Å². The lowest BCUT2D eigenvalue weighted by molar-refractivity contribution is 0.455. The number of fused-ring (bicyclic) bond motifs is 1. The predicted octanol–water partition coefficient (Wildman–Crippen LogP) is 4.16. The normalized spacial score (nSPS) is 12.9. The van der Waals surface area contributed by atoms with Crippen LogP contribution < -0.4 is 4.74 Å². The molecule has 0 unspecified atom stereocenters. The first kappa shape index (κ1) is 13.6. The minimum Gasteiger partial charge on any atom is -0.437 e. The van der Waals surface area contributed by atoms with Crippen LogP contribution in [-0.2, 0) is 12.8 Å². The van der Waals surface area contributed by atoms with Gasteiger partial charge in [0.2, 0.25) is 5.88 Å². The van der Waals surface area contributed by atoms with Crippen LogP contribution in [0.3, 0.4) is 0 Å². The van der Waals surface area contributed by atoms with Gasteiger partial charge in [0, 0.05) is 5.69 Å². The molecule has 2 aromatic rings. The first-order valence-electron chi connectivity index (χ1n) is 7.27. The van der Waals surface area contributed by atoms with Gasteiger partial charge >= 0.3 is 0 Å². The molecule has 21 heavy (non-hydrogen) atoms. The third-order valence-electron chi connectivity index (χ3n) is 4.11. The number of pyridine rings is 1. The fourth-order valence-corrected chi connectivity index (χ4v) is 2.82. The Balaban J connectivity index is 2.05. The van der Waals surface area contributed by atoms with Gasteiger partial charge in [0.25, 0.3) is 0 Å². The largest absolute Gasteiger partial charge is 0.437 e. The topological polar surface area (TPSA) is 45.9 Å². The molecule has 0 atom stereocenters. The molecular formula is C18H18N2O. The Kier molecular flexibility index (Phi) is 3.39. The Bertz CT molecular complexity index is 757. The van der Waals surface area contributed by atoms with Crippen LogP contribution in [0.2, 0.25) is 0 Å². The number of nitrogens with zero attached hydrogens (tertiary/aromatic N) is 2. The zero-order valence-corrected chi connectivity index (χ0v) is 12.7. The van der Waals surface area contributed by atoms with E-state index in [9.17, 15) is 5.26 Å². The summed E-state index contributed by atoms with van der Waals surface area (Å²) in [5.41, 5.74) is 6.21. The molecule has 106 valence electrons. The molecule has 1 aromatic carbocycles. The summed E-state index contributed by atoms with van der Waals surface area (Å²) < 4.78 is 5.98. The average molecular weight is 278 g/mol. The van der Waals surface area contributed by atoms with Crippen molar-refractivity contribution in [3.8, 4) is 17.7 Å². The number of rotatable bonds is 2. The monoisotopic (exact) mass is 278 g/mol. The minimum atomic E-state index is 0.436. The Morgan fingerprint density at radius 2 is 1.95 bits per heavy atom. The first-order valence-corrected chi connectivity index (χ1v) is 7.27. The molecule has 0 spiro atoms. The van der Waals surface area contributed by atoms with Crippen molar-refractivity contribution in [1.29, 1.82) is 5.26 Å². The maximum atomic E-state index is 9.34. The summed E-state index contributed by atoms with van der Waals surface area (Å²) in [6, 6.07) is 8.27. The van der Waals surface area contributed by atoms with Crippen LogP contribution in [0.5, 0.6) is 11.6 Å². The van der Waals surface area contributed by atoms with Crippen LogP contribution >= 0.6 is 0 Å². The van der Waals surface area contributed by atoms with Gasteiger partial charge in [-0.2, -0.15) is 5.26 Å². The summed E-state index contributed by atoms with van der Waals surface area (Å²) in [5, 5.41) is 9.34. The van der Waals surface area contributed by atoms with Crippen LogP contribution in [0, 0.1) is 32.1 Å². The Morgan fingerprint density at radius 1 is 1.14 bits per heavy atom. The van der Waals surface area contributed by atoms with E-state index in [1.165, 1.54) is 11.1 Å². The summed E-state index contributed by atoms with van der Waals surface area (Å²) >= 11 is 0. The highest BCUT2D eigenvalue weighted by Gasteiger charge is 2.18. The lowest BCUT2D eigenvalue weighted by Crippen LogP contribution is -1.99. The van der Waals surface area contributed by atoms with Crippen molar-refractivity contribution in [2.75, 3.05) is 0 Å². The summed E-state index contributed by atoms with van der Waals surface area (Å²) in [6.45, 7) is 6.14. The standard InChI is InChI=1S/C18H18N2O/c1-11-7-12(2)13(3)17(8-11)21-18-15(10-19)9-14-5-4-6-16(14)20-18/h7-9H,4-6H2,1-3H3. The van der Waals surface area contributed by atoms with Gasteiger partial charge in [0.15, 0.2) is 0 Å². The van der Waals surface area contributed by atoms with Gasteiger partial charge in [-0.05, 0) is 74.4 Å². The van der Waals surface area contributed by atoms with E-state index in [-0.39, 0.29) is 0 Å². The molecule has 1 aliphatic carbocycles. The van der Waals surface area contributed by atoms with E-state index in [1.807, 2.05) is 26.0 Å². The summed E-state index contributed by atoms with van der Waals surface area (Å²) in [5.74, 6) is 1.22. The molecule has 0 saturated carbocycles. The van der Waals surface area contributed by atoms with E-state index in [0.29, 0.717) is 11.4 Å². The molecule has 3 rings (SSSR count). The highest BCUT2D eigenvalue weighted by Crippen LogP contribution is 2.32. The zero-order valence-electron chi connectivity index (χ0n) is 12.7. The van der Waals surface area contributed by atoms with E-state index in [1.54, 1.807) is 0 Å². The van der Waals surface area contributed by atoms with E-state index in [0.717, 1.165) is 41.8 Å². The molecule has 0 amide bonds. The van der Waals surface area contributed by atoms with Crippen LogP contribution in [-0.4, -0.2) is 4.98 Å². The van der Waals surface area contributed by atoms with Crippen LogP contribution in [0.1, 0.15) is 39.9 Å².